The molecular formula is C23H15BrClNO2S2. The number of halogens is 2. The van der Waals surface area contributed by atoms with Crippen LogP contribution in [0.4, 0.5) is 5.69 Å². The Morgan fingerprint density at radius 3 is 2.53 bits per heavy atom. The lowest BCUT2D eigenvalue weighted by molar-refractivity contribution is -0.113. The normalized spacial score (nSPS) is 15.1. The minimum atomic E-state index is -0.139. The van der Waals surface area contributed by atoms with E-state index in [4.69, 9.17) is 28.6 Å². The van der Waals surface area contributed by atoms with Crippen molar-refractivity contribution < 1.29 is 9.53 Å². The fraction of sp³-hybridized carbons (Fsp3) is 0.0435. The molecule has 0 saturated carbocycles. The first-order chi connectivity index (χ1) is 14.5. The Kier molecular flexibility index (Phi) is 6.58. The molecule has 0 radical (unpaired) electrons. The van der Waals surface area contributed by atoms with Gasteiger partial charge in [-0.25, -0.2) is 0 Å². The summed E-state index contributed by atoms with van der Waals surface area (Å²) < 4.78 is 7.43. The van der Waals surface area contributed by atoms with Crippen LogP contribution in [0, 0.1) is 0 Å². The molecule has 1 heterocycles. The number of carbonyl (C=O) groups is 1. The number of thioether (sulfide) groups is 1. The van der Waals surface area contributed by atoms with E-state index in [0.29, 0.717) is 26.6 Å². The van der Waals surface area contributed by atoms with Crippen molar-refractivity contribution in [3.05, 3.63) is 98.3 Å². The molecule has 0 aliphatic carbocycles. The number of thiocarbonyl (C=S) groups is 1. The molecule has 1 aliphatic heterocycles. The summed E-state index contributed by atoms with van der Waals surface area (Å²) in [6.45, 7) is 0.393. The van der Waals surface area contributed by atoms with Gasteiger partial charge in [0.15, 0.2) is 4.32 Å². The summed E-state index contributed by atoms with van der Waals surface area (Å²) in [7, 11) is 0. The highest BCUT2D eigenvalue weighted by molar-refractivity contribution is 9.10. The van der Waals surface area contributed by atoms with Gasteiger partial charge in [-0.05, 0) is 54.1 Å². The van der Waals surface area contributed by atoms with Crippen LogP contribution in [0.2, 0.25) is 5.02 Å². The number of benzene rings is 3. The molecule has 1 fully saturated rings. The average molecular weight is 517 g/mol. The van der Waals surface area contributed by atoms with Gasteiger partial charge in [-0.15, -0.1) is 0 Å². The molecule has 0 N–H and O–H groups in total. The molecule has 150 valence electrons. The fourth-order valence-corrected chi connectivity index (χ4v) is 4.71. The largest absolute Gasteiger partial charge is 0.488 e. The zero-order valence-corrected chi connectivity index (χ0v) is 19.5. The highest BCUT2D eigenvalue weighted by Crippen LogP contribution is 2.37. The Bertz CT molecular complexity index is 1130. The molecule has 3 nitrogen and oxygen atoms in total. The third-order valence-corrected chi connectivity index (χ3v) is 6.42. The summed E-state index contributed by atoms with van der Waals surface area (Å²) in [4.78, 5) is 15.1. The van der Waals surface area contributed by atoms with Gasteiger partial charge in [-0.3, -0.25) is 9.69 Å². The second-order valence-corrected chi connectivity index (χ2v) is 9.48. The van der Waals surface area contributed by atoms with Gasteiger partial charge in [0.05, 0.1) is 10.6 Å². The molecule has 0 bridgehead atoms. The second-order valence-electron chi connectivity index (χ2n) is 6.45. The van der Waals surface area contributed by atoms with Crippen LogP contribution in [0.15, 0.2) is 82.2 Å². The van der Waals surface area contributed by atoms with Crippen molar-refractivity contribution in [2.45, 2.75) is 6.61 Å². The van der Waals surface area contributed by atoms with Gasteiger partial charge in [0.2, 0.25) is 0 Å². The Morgan fingerprint density at radius 2 is 1.80 bits per heavy atom. The third-order valence-electron chi connectivity index (χ3n) is 4.37. The molecule has 1 aliphatic rings. The van der Waals surface area contributed by atoms with Gasteiger partial charge in [-0.1, -0.05) is 81.8 Å². The quantitative estimate of drug-likeness (QED) is 0.267. The lowest BCUT2D eigenvalue weighted by Gasteiger charge is -2.14. The van der Waals surface area contributed by atoms with E-state index in [1.165, 1.54) is 11.8 Å². The number of anilines is 1. The number of hydrogen-bond donors (Lipinski definition) is 0. The predicted octanol–water partition coefficient (Wildman–Crippen LogP) is 7.09. The zero-order valence-electron chi connectivity index (χ0n) is 15.5. The first-order valence-electron chi connectivity index (χ1n) is 9.01. The van der Waals surface area contributed by atoms with E-state index in [0.717, 1.165) is 21.3 Å². The number of hydrogen-bond acceptors (Lipinski definition) is 4. The smallest absolute Gasteiger partial charge is 0.270 e. The minimum absolute atomic E-state index is 0.139. The van der Waals surface area contributed by atoms with Crippen LogP contribution in [-0.4, -0.2) is 10.2 Å². The molecule has 0 aromatic heterocycles. The molecule has 4 rings (SSSR count). The molecule has 0 spiro atoms. The maximum atomic E-state index is 13.0. The molecule has 1 amide bonds. The van der Waals surface area contributed by atoms with Gasteiger partial charge in [0.1, 0.15) is 12.4 Å². The maximum absolute atomic E-state index is 13.0. The third kappa shape index (κ3) is 4.78. The number of rotatable bonds is 5. The van der Waals surface area contributed by atoms with Crippen LogP contribution in [0.25, 0.3) is 6.08 Å². The summed E-state index contributed by atoms with van der Waals surface area (Å²) in [5, 5.41) is 0.684. The Labute approximate surface area is 197 Å². The van der Waals surface area contributed by atoms with E-state index < -0.39 is 0 Å². The van der Waals surface area contributed by atoms with Crippen LogP contribution in [0.1, 0.15) is 11.1 Å². The maximum Gasteiger partial charge on any atom is 0.270 e. The highest BCUT2D eigenvalue weighted by Gasteiger charge is 2.33. The molecule has 30 heavy (non-hydrogen) atoms. The van der Waals surface area contributed by atoms with Crippen molar-refractivity contribution in [3.8, 4) is 5.75 Å². The average Bonchev–Trinajstić information content (AvgIpc) is 3.02. The van der Waals surface area contributed by atoms with Crippen molar-refractivity contribution in [1.29, 1.82) is 0 Å². The Hall–Kier alpha value is -2.12. The van der Waals surface area contributed by atoms with Crippen LogP contribution in [0.5, 0.6) is 5.75 Å². The molecule has 7 heteroatoms. The van der Waals surface area contributed by atoms with E-state index in [2.05, 4.69) is 15.9 Å². The van der Waals surface area contributed by atoms with Crippen molar-refractivity contribution in [1.82, 2.24) is 0 Å². The zero-order chi connectivity index (χ0) is 21.1. The SMILES string of the molecule is O=C1/C(=C\c2cc(Br)ccc2OCc2ccc(Cl)cc2)SC(=S)N1c1ccccc1. The number of amides is 1. The lowest BCUT2D eigenvalue weighted by atomic mass is 10.1. The van der Waals surface area contributed by atoms with Crippen LogP contribution in [0.3, 0.4) is 0 Å². The van der Waals surface area contributed by atoms with E-state index in [-0.39, 0.29) is 5.91 Å². The first kappa shape index (κ1) is 21.1. The standard InChI is InChI=1S/C23H15BrClNO2S2/c24-17-8-11-20(28-14-15-6-9-18(25)10-7-15)16(12-17)13-21-22(27)26(23(29)30-21)19-4-2-1-3-5-19/h1-13H,14H2/b21-13+. The Balaban J connectivity index is 1.60. The van der Waals surface area contributed by atoms with Gasteiger partial charge in [-0.2, -0.15) is 0 Å². The highest BCUT2D eigenvalue weighted by atomic mass is 79.9. The van der Waals surface area contributed by atoms with Crippen molar-refractivity contribution in [2.75, 3.05) is 4.90 Å². The van der Waals surface area contributed by atoms with E-state index in [1.807, 2.05) is 78.9 Å². The number of nitrogens with zero attached hydrogens (tertiary/aromatic N) is 1. The molecule has 0 unspecified atom stereocenters. The minimum Gasteiger partial charge on any atom is -0.488 e. The summed E-state index contributed by atoms with van der Waals surface area (Å²) in [5.74, 6) is 0.540. The number of ether oxygens (including phenoxy) is 1. The van der Waals surface area contributed by atoms with Gasteiger partial charge in [0.25, 0.3) is 5.91 Å². The fourth-order valence-electron chi connectivity index (χ4n) is 2.91. The van der Waals surface area contributed by atoms with Crippen molar-refractivity contribution >= 4 is 73.5 Å². The molecular weight excluding hydrogens is 502 g/mol. The molecule has 1 saturated heterocycles. The van der Waals surface area contributed by atoms with Gasteiger partial charge < -0.3 is 4.74 Å². The summed E-state index contributed by atoms with van der Waals surface area (Å²) in [5.41, 5.74) is 2.56. The van der Waals surface area contributed by atoms with E-state index in [1.54, 1.807) is 4.90 Å². The predicted molar refractivity (Wildman–Crippen MR) is 132 cm³/mol. The van der Waals surface area contributed by atoms with Crippen LogP contribution < -0.4 is 9.64 Å². The number of carbonyl (C=O) groups excluding carboxylic acids is 1. The lowest BCUT2D eigenvalue weighted by Crippen LogP contribution is -2.27. The van der Waals surface area contributed by atoms with Crippen molar-refractivity contribution in [2.24, 2.45) is 0 Å². The van der Waals surface area contributed by atoms with Crippen molar-refractivity contribution in [3.63, 3.8) is 0 Å². The summed E-state index contributed by atoms with van der Waals surface area (Å²) in [6, 6.07) is 22.6. The molecule has 0 atom stereocenters. The molecule has 3 aromatic rings. The number of para-hydroxylation sites is 1. The first-order valence-corrected chi connectivity index (χ1v) is 11.4. The topological polar surface area (TPSA) is 29.5 Å². The second kappa shape index (κ2) is 9.35. The Morgan fingerprint density at radius 1 is 1.07 bits per heavy atom. The van der Waals surface area contributed by atoms with Crippen LogP contribution in [-0.2, 0) is 11.4 Å². The molecule has 3 aromatic carbocycles. The van der Waals surface area contributed by atoms with E-state index in [9.17, 15) is 4.79 Å². The monoisotopic (exact) mass is 515 g/mol. The summed E-state index contributed by atoms with van der Waals surface area (Å²) in [6.07, 6.45) is 1.82. The van der Waals surface area contributed by atoms with Crippen LogP contribution >= 0.6 is 51.5 Å². The van der Waals surface area contributed by atoms with Gasteiger partial charge >= 0.3 is 0 Å². The van der Waals surface area contributed by atoms with E-state index >= 15 is 0 Å². The van der Waals surface area contributed by atoms with Gasteiger partial charge in [0, 0.05) is 15.1 Å². The summed E-state index contributed by atoms with van der Waals surface area (Å²) >= 11 is 16.2.